The molecule has 0 aliphatic carbocycles. The van der Waals surface area contributed by atoms with Gasteiger partial charge < -0.3 is 28.9 Å². The summed E-state index contributed by atoms with van der Waals surface area (Å²) in [5.41, 5.74) is 3.14. The van der Waals surface area contributed by atoms with Gasteiger partial charge in [-0.3, -0.25) is 18.4 Å². The molecule has 6 aromatic rings. The fraction of sp³-hybridized carbons (Fsp3) is 0.294. The lowest BCUT2D eigenvalue weighted by Gasteiger charge is -2.11. The number of nitrogens with one attached hydrogen (secondary N) is 2. The lowest BCUT2D eigenvalue weighted by molar-refractivity contribution is 0.407. The Morgan fingerprint density at radius 2 is 1.19 bits per heavy atom. The fourth-order valence-corrected chi connectivity index (χ4v) is 6.90. The number of nitrogens with zero attached hydrogens (tertiary/aromatic N) is 4. The second-order valence-corrected chi connectivity index (χ2v) is 13.0. The number of fused-ring (bicyclic) bond motifs is 2. The van der Waals surface area contributed by atoms with Crippen LogP contribution in [-0.2, 0) is 33.1 Å². The van der Waals surface area contributed by atoms with E-state index in [0.29, 0.717) is 39.1 Å². The van der Waals surface area contributed by atoms with Crippen LogP contribution in [0.3, 0.4) is 0 Å². The van der Waals surface area contributed by atoms with Gasteiger partial charge in [0.15, 0.2) is 10.3 Å². The van der Waals surface area contributed by atoms with Crippen LogP contribution in [0.4, 0.5) is 0 Å². The SMILES string of the molecule is [2H]C([2H])([2H])Oc1ccc2nc(S(=O)C([2H])([2H])c3ncc(C)c(OC)c3C)[nH]c2c1.[2H]C([2H])([2H])Oc1ccc2nc(S(=O)Cc3ncc(C)c(OC)c3C)[nH]c2c1. The molecule has 12 nitrogen and oxygen atoms in total. The van der Waals surface area contributed by atoms with Gasteiger partial charge in [-0.05, 0) is 52.0 Å². The molecule has 0 amide bonds. The van der Waals surface area contributed by atoms with Gasteiger partial charge in [0.05, 0.1) is 103 Å². The third-order valence-electron chi connectivity index (χ3n) is 7.34. The Hall–Kier alpha value is -4.82. The summed E-state index contributed by atoms with van der Waals surface area (Å²) in [7, 11) is -5.76. The van der Waals surface area contributed by atoms with Gasteiger partial charge in [-0.25, -0.2) is 9.97 Å². The van der Waals surface area contributed by atoms with Crippen molar-refractivity contribution < 1.29 is 38.3 Å². The van der Waals surface area contributed by atoms with E-state index in [9.17, 15) is 8.42 Å². The number of hydrogen-bond donors (Lipinski definition) is 2. The molecule has 0 saturated heterocycles. The van der Waals surface area contributed by atoms with Crippen LogP contribution in [0, 0.1) is 27.7 Å². The van der Waals surface area contributed by atoms with Crippen molar-refractivity contribution in [2.24, 2.45) is 0 Å². The summed E-state index contributed by atoms with van der Waals surface area (Å²) in [6.07, 6.45) is 3.16. The van der Waals surface area contributed by atoms with Gasteiger partial charge in [-0.1, -0.05) is 0 Å². The van der Waals surface area contributed by atoms with E-state index in [4.69, 9.17) is 29.9 Å². The van der Waals surface area contributed by atoms with Crippen molar-refractivity contribution in [1.82, 2.24) is 29.9 Å². The average molecular weight is 699 g/mol. The Balaban J connectivity index is 0.000000215. The van der Waals surface area contributed by atoms with Crippen LogP contribution in [-0.4, -0.2) is 66.6 Å². The normalized spacial score (nSPS) is 15.6. The molecular weight excluding hydrogens is 653 g/mol. The first kappa shape index (κ1) is 25.2. The molecule has 0 aliphatic rings. The Kier molecular flexibility index (Phi) is 7.86. The Labute approximate surface area is 294 Å². The minimum atomic E-state index is -2.61. The Morgan fingerprint density at radius 3 is 1.69 bits per heavy atom. The number of rotatable bonds is 10. The van der Waals surface area contributed by atoms with Crippen LogP contribution < -0.4 is 18.9 Å². The number of H-pyrrole nitrogens is 2. The molecule has 0 saturated carbocycles. The first-order chi connectivity index (χ1) is 26.1. The van der Waals surface area contributed by atoms with E-state index in [2.05, 4.69) is 29.9 Å². The topological polar surface area (TPSA) is 154 Å². The fourth-order valence-electron chi connectivity index (χ4n) is 4.94. The predicted molar refractivity (Wildman–Crippen MR) is 186 cm³/mol. The molecule has 0 aliphatic heterocycles. The van der Waals surface area contributed by atoms with Crippen molar-refractivity contribution in [3.05, 3.63) is 82.4 Å². The molecule has 48 heavy (non-hydrogen) atoms. The van der Waals surface area contributed by atoms with Crippen molar-refractivity contribution in [1.29, 1.82) is 0 Å². The average Bonchev–Trinajstić information content (AvgIpc) is 3.72. The van der Waals surface area contributed by atoms with Crippen molar-refractivity contribution in [2.45, 2.75) is 49.5 Å². The third kappa shape index (κ3) is 7.34. The zero-order valence-electron chi connectivity index (χ0n) is 34.9. The molecule has 2 aromatic carbocycles. The second-order valence-electron chi connectivity index (χ2n) is 10.5. The maximum atomic E-state index is 13.0. The number of methoxy groups -OCH3 is 4. The standard InChI is InChI=1S/2C17H19N3O3S/c2*1-10-8-18-15(11(2)16(10)23-4)9-24(21)17-19-13-6-5-12(22-3)7-14(13)20-17/h2*5-8H,9H2,1-4H3,(H,19,20)/i3D3,9D2;3D3. The van der Waals surface area contributed by atoms with Gasteiger partial charge >= 0.3 is 0 Å². The first-order valence-corrected chi connectivity index (χ1v) is 16.8. The summed E-state index contributed by atoms with van der Waals surface area (Å²) in [4.78, 5) is 22.8. The number of benzene rings is 2. The first-order valence-electron chi connectivity index (χ1n) is 18.3. The summed E-state index contributed by atoms with van der Waals surface area (Å²) >= 11 is 0. The van der Waals surface area contributed by atoms with Gasteiger partial charge in [0.1, 0.15) is 23.0 Å². The lowest BCUT2D eigenvalue weighted by atomic mass is 10.1. The van der Waals surface area contributed by atoms with Gasteiger partial charge in [0, 0.05) is 49.5 Å². The van der Waals surface area contributed by atoms with Crippen molar-refractivity contribution >= 4 is 43.7 Å². The van der Waals surface area contributed by atoms with E-state index >= 15 is 0 Å². The highest BCUT2D eigenvalue weighted by Gasteiger charge is 2.18. The van der Waals surface area contributed by atoms with Crippen LogP contribution in [0.1, 0.15) is 44.6 Å². The van der Waals surface area contributed by atoms with Crippen molar-refractivity contribution in [3.8, 4) is 23.0 Å². The predicted octanol–water partition coefficient (Wildman–Crippen LogP) is 5.80. The van der Waals surface area contributed by atoms with E-state index in [1.54, 1.807) is 33.2 Å². The highest BCUT2D eigenvalue weighted by atomic mass is 32.2. The van der Waals surface area contributed by atoms with Crippen LogP contribution in [0.15, 0.2) is 59.1 Å². The second kappa shape index (κ2) is 14.9. The van der Waals surface area contributed by atoms with E-state index in [-0.39, 0.29) is 33.3 Å². The van der Waals surface area contributed by atoms with Crippen molar-refractivity contribution in [3.63, 3.8) is 0 Å². The molecule has 6 rings (SSSR count). The summed E-state index contributed by atoms with van der Waals surface area (Å²) in [5, 5.41) is 0.188. The van der Waals surface area contributed by atoms with E-state index in [0.717, 1.165) is 22.4 Å². The number of aromatic nitrogens is 6. The summed E-state index contributed by atoms with van der Waals surface area (Å²) in [5.74, 6) is 1.66. The monoisotopic (exact) mass is 698 g/mol. The molecule has 0 fully saturated rings. The molecule has 0 radical (unpaired) electrons. The maximum absolute atomic E-state index is 13.0. The zero-order chi connectivity index (χ0) is 41.3. The minimum Gasteiger partial charge on any atom is -0.497 e. The van der Waals surface area contributed by atoms with E-state index in [1.165, 1.54) is 43.6 Å². The molecule has 0 bridgehead atoms. The number of imidazole rings is 2. The Bertz CT molecular complexity index is 2450. The Morgan fingerprint density at radius 1 is 0.708 bits per heavy atom. The largest absolute Gasteiger partial charge is 0.497 e. The molecule has 4 heterocycles. The molecule has 4 aromatic heterocycles. The summed E-state index contributed by atoms with van der Waals surface area (Å²) < 4.78 is 106. The quantitative estimate of drug-likeness (QED) is 0.179. The van der Waals surface area contributed by atoms with E-state index in [1.807, 2.05) is 13.8 Å². The number of hydrogen-bond acceptors (Lipinski definition) is 10. The van der Waals surface area contributed by atoms with Crippen LogP contribution in [0.25, 0.3) is 22.1 Å². The molecule has 2 N–H and O–H groups in total. The van der Waals surface area contributed by atoms with Gasteiger partial charge in [0.25, 0.3) is 0 Å². The van der Waals surface area contributed by atoms with Gasteiger partial charge in [-0.15, -0.1) is 0 Å². The molecule has 14 heteroatoms. The van der Waals surface area contributed by atoms with Gasteiger partial charge in [0.2, 0.25) is 0 Å². The number of aryl methyl sites for hydroxylation is 2. The highest BCUT2D eigenvalue weighted by Crippen LogP contribution is 2.28. The summed E-state index contributed by atoms with van der Waals surface area (Å²) in [6.45, 7) is 7.22. The lowest BCUT2D eigenvalue weighted by Crippen LogP contribution is -2.05. The van der Waals surface area contributed by atoms with Crippen LogP contribution >= 0.6 is 0 Å². The van der Waals surface area contributed by atoms with Crippen LogP contribution in [0.2, 0.25) is 0 Å². The van der Waals surface area contributed by atoms with Crippen molar-refractivity contribution in [2.75, 3.05) is 28.3 Å². The zero-order valence-corrected chi connectivity index (χ0v) is 28.5. The summed E-state index contributed by atoms with van der Waals surface area (Å²) in [6, 6.07) is 8.98. The molecule has 252 valence electrons. The third-order valence-corrected chi connectivity index (χ3v) is 9.43. The minimum absolute atomic E-state index is 0.00911. The maximum Gasteiger partial charge on any atom is 0.197 e. The van der Waals surface area contributed by atoms with E-state index < -0.39 is 41.4 Å². The number of aromatic amines is 2. The molecule has 2 unspecified atom stereocenters. The molecular formula is C34H38N6O6S2. The molecule has 0 spiro atoms. The van der Waals surface area contributed by atoms with Crippen LogP contribution in [0.5, 0.6) is 23.0 Å². The highest BCUT2D eigenvalue weighted by molar-refractivity contribution is 7.84. The smallest absolute Gasteiger partial charge is 0.197 e. The molecule has 2 atom stereocenters. The van der Waals surface area contributed by atoms with Gasteiger partial charge in [-0.2, -0.15) is 0 Å². The number of pyridine rings is 2. The number of ether oxygens (including phenoxy) is 4.